The molecular formula is C13H16N4O3S. The molecule has 0 aliphatic carbocycles. The fraction of sp³-hybridized carbons (Fsp3) is 0.308. The van der Waals surface area contributed by atoms with Crippen LogP contribution in [-0.4, -0.2) is 29.0 Å². The Morgan fingerprint density at radius 3 is 2.76 bits per heavy atom. The van der Waals surface area contributed by atoms with Crippen LogP contribution in [0.1, 0.15) is 29.5 Å². The van der Waals surface area contributed by atoms with Crippen molar-refractivity contribution in [3.8, 4) is 0 Å². The predicted octanol–water partition coefficient (Wildman–Crippen LogP) is 0.886. The number of hydrogen-bond acceptors (Lipinski definition) is 5. The molecule has 0 atom stereocenters. The number of hydrogen-bond donors (Lipinski definition) is 1. The third-order valence-corrected chi connectivity index (χ3v) is 4.25. The normalized spacial score (nSPS) is 11.5. The highest BCUT2D eigenvalue weighted by molar-refractivity contribution is 7.89. The zero-order valence-electron chi connectivity index (χ0n) is 11.8. The average molecular weight is 308 g/mol. The van der Waals surface area contributed by atoms with E-state index < -0.39 is 10.0 Å². The summed E-state index contributed by atoms with van der Waals surface area (Å²) in [5, 5.41) is 3.99. The van der Waals surface area contributed by atoms with Crippen molar-refractivity contribution in [1.82, 2.24) is 19.5 Å². The third-order valence-electron chi connectivity index (χ3n) is 2.85. The second-order valence-electron chi connectivity index (χ2n) is 4.46. The molecule has 2 aromatic rings. The highest BCUT2D eigenvalue weighted by atomic mass is 32.2. The second kappa shape index (κ2) is 6.15. The number of carbonyl (C=O) groups excluding carboxylic acids is 1. The Bertz CT molecular complexity index is 752. The topological polar surface area (TPSA) is 94.0 Å². The first-order valence-corrected chi connectivity index (χ1v) is 7.88. The van der Waals surface area contributed by atoms with Crippen LogP contribution in [0, 0.1) is 0 Å². The number of nitrogens with one attached hydrogen (secondary N) is 1. The van der Waals surface area contributed by atoms with Gasteiger partial charge in [-0.1, -0.05) is 19.1 Å². The summed E-state index contributed by atoms with van der Waals surface area (Å²) >= 11 is 0. The van der Waals surface area contributed by atoms with Crippen molar-refractivity contribution in [2.75, 3.05) is 0 Å². The van der Waals surface area contributed by atoms with E-state index in [1.807, 2.05) is 0 Å². The number of aromatic nitrogens is 3. The second-order valence-corrected chi connectivity index (χ2v) is 6.23. The van der Waals surface area contributed by atoms with Crippen molar-refractivity contribution in [2.24, 2.45) is 7.05 Å². The first kappa shape index (κ1) is 15.3. The molecule has 0 amide bonds. The molecule has 0 unspecified atom stereocenters. The van der Waals surface area contributed by atoms with E-state index in [1.165, 1.54) is 23.1 Å². The van der Waals surface area contributed by atoms with E-state index in [-0.39, 0.29) is 17.2 Å². The molecule has 112 valence electrons. The summed E-state index contributed by atoms with van der Waals surface area (Å²) in [5.74, 6) is 0.278. The van der Waals surface area contributed by atoms with Gasteiger partial charge in [-0.3, -0.25) is 9.48 Å². The molecule has 1 aromatic heterocycles. The standard InChI is InChI=1S/C13H16N4O3S/c1-3-12(18)10-5-4-6-11(7-10)21(19,20)15-8-13-14-9-17(2)16-13/h4-7,9,15H,3,8H2,1-2H3. The molecule has 21 heavy (non-hydrogen) atoms. The maximum absolute atomic E-state index is 12.2. The number of sulfonamides is 1. The Morgan fingerprint density at radius 1 is 1.38 bits per heavy atom. The Labute approximate surface area is 123 Å². The summed E-state index contributed by atoms with van der Waals surface area (Å²) in [4.78, 5) is 15.6. The molecule has 0 aliphatic rings. The molecule has 0 bridgehead atoms. The van der Waals surface area contributed by atoms with Crippen molar-refractivity contribution < 1.29 is 13.2 Å². The molecule has 0 aliphatic heterocycles. The SMILES string of the molecule is CCC(=O)c1cccc(S(=O)(=O)NCc2ncn(C)n2)c1. The van der Waals surface area contributed by atoms with Crippen LogP contribution in [0.25, 0.3) is 0 Å². The smallest absolute Gasteiger partial charge is 0.240 e. The highest BCUT2D eigenvalue weighted by Gasteiger charge is 2.16. The predicted molar refractivity (Wildman–Crippen MR) is 76.1 cm³/mol. The molecule has 1 heterocycles. The summed E-state index contributed by atoms with van der Waals surface area (Å²) in [5.41, 5.74) is 0.385. The Balaban J connectivity index is 2.17. The molecule has 7 nitrogen and oxygen atoms in total. The van der Waals surface area contributed by atoms with Gasteiger partial charge in [-0.15, -0.1) is 0 Å². The molecule has 2 rings (SSSR count). The van der Waals surface area contributed by atoms with E-state index >= 15 is 0 Å². The summed E-state index contributed by atoms with van der Waals surface area (Å²) in [6.07, 6.45) is 1.82. The minimum absolute atomic E-state index is 0.00484. The van der Waals surface area contributed by atoms with Crippen LogP contribution < -0.4 is 4.72 Å². The first-order valence-electron chi connectivity index (χ1n) is 6.40. The highest BCUT2D eigenvalue weighted by Crippen LogP contribution is 2.13. The van der Waals surface area contributed by atoms with Crippen LogP contribution in [0.3, 0.4) is 0 Å². The fourth-order valence-corrected chi connectivity index (χ4v) is 2.77. The van der Waals surface area contributed by atoms with Crippen LogP contribution in [0.2, 0.25) is 0 Å². The van der Waals surface area contributed by atoms with Gasteiger partial charge in [0, 0.05) is 19.0 Å². The van der Waals surface area contributed by atoms with E-state index in [9.17, 15) is 13.2 Å². The average Bonchev–Trinajstić information content (AvgIpc) is 2.90. The largest absolute Gasteiger partial charge is 0.294 e. The van der Waals surface area contributed by atoms with Crippen molar-refractivity contribution in [3.05, 3.63) is 42.0 Å². The van der Waals surface area contributed by atoms with E-state index in [1.54, 1.807) is 26.1 Å². The van der Waals surface area contributed by atoms with Gasteiger partial charge >= 0.3 is 0 Å². The monoisotopic (exact) mass is 308 g/mol. The minimum atomic E-state index is -3.70. The number of carbonyl (C=O) groups is 1. The lowest BCUT2D eigenvalue weighted by atomic mass is 10.1. The van der Waals surface area contributed by atoms with Crippen molar-refractivity contribution >= 4 is 15.8 Å². The van der Waals surface area contributed by atoms with Crippen LogP contribution in [0.5, 0.6) is 0 Å². The number of ketones is 1. The van der Waals surface area contributed by atoms with Crippen molar-refractivity contribution in [3.63, 3.8) is 0 Å². The van der Waals surface area contributed by atoms with Gasteiger partial charge in [0.25, 0.3) is 0 Å². The van der Waals surface area contributed by atoms with Gasteiger partial charge in [0.1, 0.15) is 6.33 Å². The van der Waals surface area contributed by atoms with Crippen molar-refractivity contribution in [1.29, 1.82) is 0 Å². The zero-order chi connectivity index (χ0) is 15.5. The number of aryl methyl sites for hydroxylation is 1. The summed E-state index contributed by atoms with van der Waals surface area (Å²) in [6.45, 7) is 1.73. The van der Waals surface area contributed by atoms with Crippen LogP contribution in [0.4, 0.5) is 0 Å². The lowest BCUT2D eigenvalue weighted by Gasteiger charge is -2.06. The molecular weight excluding hydrogens is 292 g/mol. The van der Waals surface area contributed by atoms with Gasteiger partial charge in [0.15, 0.2) is 11.6 Å². The fourth-order valence-electron chi connectivity index (χ4n) is 1.75. The summed E-state index contributed by atoms with van der Waals surface area (Å²) in [7, 11) is -2.01. The van der Waals surface area contributed by atoms with E-state index in [4.69, 9.17) is 0 Å². The Hall–Kier alpha value is -2.06. The maximum atomic E-state index is 12.2. The van der Waals surface area contributed by atoms with Gasteiger partial charge in [0.05, 0.1) is 11.4 Å². The Kier molecular flexibility index (Phi) is 4.49. The number of Topliss-reactive ketones (excluding diaryl/α,β-unsaturated/α-hetero) is 1. The first-order chi connectivity index (χ1) is 9.92. The third kappa shape index (κ3) is 3.73. The van der Waals surface area contributed by atoms with Crippen molar-refractivity contribution in [2.45, 2.75) is 24.8 Å². The van der Waals surface area contributed by atoms with Crippen LogP contribution in [-0.2, 0) is 23.6 Å². The van der Waals surface area contributed by atoms with Gasteiger partial charge < -0.3 is 0 Å². The molecule has 1 N–H and O–H groups in total. The molecule has 0 saturated heterocycles. The number of benzene rings is 1. The summed E-state index contributed by atoms with van der Waals surface area (Å²) < 4.78 is 28.3. The zero-order valence-corrected chi connectivity index (χ0v) is 12.6. The van der Waals surface area contributed by atoms with E-state index in [0.717, 1.165) is 0 Å². The molecule has 8 heteroatoms. The number of nitrogens with zero attached hydrogens (tertiary/aromatic N) is 3. The van der Waals surface area contributed by atoms with Gasteiger partial charge in [-0.05, 0) is 12.1 Å². The molecule has 1 aromatic carbocycles. The lowest BCUT2D eigenvalue weighted by Crippen LogP contribution is -2.24. The van der Waals surface area contributed by atoms with Gasteiger partial charge in [0.2, 0.25) is 10.0 Å². The molecule has 0 fully saturated rings. The molecule has 0 spiro atoms. The molecule has 0 saturated carbocycles. The molecule has 0 radical (unpaired) electrons. The Morgan fingerprint density at radius 2 is 2.14 bits per heavy atom. The van der Waals surface area contributed by atoms with Crippen LogP contribution >= 0.6 is 0 Å². The van der Waals surface area contributed by atoms with E-state index in [2.05, 4.69) is 14.8 Å². The maximum Gasteiger partial charge on any atom is 0.240 e. The van der Waals surface area contributed by atoms with Gasteiger partial charge in [-0.2, -0.15) is 5.10 Å². The number of rotatable bonds is 6. The quantitative estimate of drug-likeness (QED) is 0.800. The van der Waals surface area contributed by atoms with E-state index in [0.29, 0.717) is 17.8 Å². The minimum Gasteiger partial charge on any atom is -0.294 e. The lowest BCUT2D eigenvalue weighted by molar-refractivity contribution is 0.0988. The van der Waals surface area contributed by atoms with Crippen LogP contribution in [0.15, 0.2) is 35.5 Å². The van der Waals surface area contributed by atoms with Gasteiger partial charge in [-0.25, -0.2) is 18.1 Å². The summed E-state index contributed by atoms with van der Waals surface area (Å²) in [6, 6.07) is 5.97.